The number of imide groups is 1. The predicted molar refractivity (Wildman–Crippen MR) is 84.9 cm³/mol. The van der Waals surface area contributed by atoms with Crippen LogP contribution in [-0.2, 0) is 9.53 Å². The Morgan fingerprint density at radius 3 is 2.71 bits per heavy atom. The largest absolute Gasteiger partial charge is 0.449 e. The molecule has 0 saturated carbocycles. The molecule has 1 saturated heterocycles. The van der Waals surface area contributed by atoms with Gasteiger partial charge < -0.3 is 10.1 Å². The van der Waals surface area contributed by atoms with Crippen molar-refractivity contribution in [1.29, 1.82) is 0 Å². The summed E-state index contributed by atoms with van der Waals surface area (Å²) in [7, 11) is 0. The Labute approximate surface area is 141 Å². The molecular formula is C14H15N3O6S. The normalized spacial score (nSPS) is 14.9. The Bertz CT molecular complexity index is 708. The number of carbonyl (C=O) groups is 3. The number of carbonyl (C=O) groups excluding carboxylic acids is 3. The number of hydrogen-bond donors (Lipinski definition) is 1. The first-order valence-electron chi connectivity index (χ1n) is 6.97. The molecule has 9 nitrogen and oxygen atoms in total. The van der Waals surface area contributed by atoms with E-state index >= 15 is 0 Å². The summed E-state index contributed by atoms with van der Waals surface area (Å²) in [6.07, 6.45) is 0.503. The maximum atomic E-state index is 12.1. The summed E-state index contributed by atoms with van der Waals surface area (Å²) >= 11 is 1.18. The van der Waals surface area contributed by atoms with Crippen molar-refractivity contribution in [3.05, 3.63) is 33.9 Å². The van der Waals surface area contributed by atoms with Crippen molar-refractivity contribution in [2.24, 2.45) is 0 Å². The van der Waals surface area contributed by atoms with Gasteiger partial charge in [-0.2, -0.15) is 0 Å². The van der Waals surface area contributed by atoms with Gasteiger partial charge in [-0.3, -0.25) is 19.8 Å². The van der Waals surface area contributed by atoms with Crippen molar-refractivity contribution < 1.29 is 24.0 Å². The third-order valence-electron chi connectivity index (χ3n) is 3.37. The number of ether oxygens (including phenoxy) is 1. The molecule has 128 valence electrons. The number of amides is 3. The van der Waals surface area contributed by atoms with E-state index in [1.54, 1.807) is 6.26 Å². The Balaban J connectivity index is 2.11. The lowest BCUT2D eigenvalue weighted by atomic mass is 10.2. The van der Waals surface area contributed by atoms with Crippen LogP contribution in [0.25, 0.3) is 0 Å². The van der Waals surface area contributed by atoms with Crippen LogP contribution in [0.15, 0.2) is 23.1 Å². The van der Waals surface area contributed by atoms with Gasteiger partial charge in [-0.15, -0.1) is 11.8 Å². The summed E-state index contributed by atoms with van der Waals surface area (Å²) in [6.45, 7) is 1.89. The van der Waals surface area contributed by atoms with Crippen molar-refractivity contribution >= 4 is 35.4 Å². The lowest BCUT2D eigenvalue weighted by Gasteiger charge is -2.18. The monoisotopic (exact) mass is 353 g/mol. The zero-order valence-corrected chi connectivity index (χ0v) is 13.8. The molecule has 0 aromatic heterocycles. The van der Waals surface area contributed by atoms with Gasteiger partial charge in [-0.05, 0) is 25.3 Å². The molecule has 1 fully saturated rings. The van der Waals surface area contributed by atoms with Crippen molar-refractivity contribution in [2.75, 3.05) is 19.3 Å². The fraction of sp³-hybridized carbons (Fsp3) is 0.357. The maximum Gasteiger partial charge on any atom is 0.339 e. The molecule has 10 heteroatoms. The highest BCUT2D eigenvalue weighted by Crippen LogP contribution is 2.28. The minimum atomic E-state index is -1.18. The van der Waals surface area contributed by atoms with Gasteiger partial charge in [-0.1, -0.05) is 0 Å². The van der Waals surface area contributed by atoms with E-state index in [4.69, 9.17) is 4.74 Å². The second-order valence-electron chi connectivity index (χ2n) is 4.91. The van der Waals surface area contributed by atoms with E-state index in [1.807, 2.05) is 0 Å². The van der Waals surface area contributed by atoms with Crippen LogP contribution >= 0.6 is 11.8 Å². The lowest BCUT2D eigenvalue weighted by molar-refractivity contribution is -0.387. The first kappa shape index (κ1) is 17.7. The van der Waals surface area contributed by atoms with E-state index in [1.165, 1.54) is 30.8 Å². The molecule has 24 heavy (non-hydrogen) atoms. The van der Waals surface area contributed by atoms with Gasteiger partial charge in [0.1, 0.15) is 0 Å². The highest BCUT2D eigenvalue weighted by Gasteiger charge is 2.32. The zero-order valence-electron chi connectivity index (χ0n) is 13.0. The first-order chi connectivity index (χ1) is 11.3. The second kappa shape index (κ2) is 7.30. The Morgan fingerprint density at radius 1 is 1.46 bits per heavy atom. The second-order valence-corrected chi connectivity index (χ2v) is 5.76. The molecule has 0 unspecified atom stereocenters. The molecule has 0 radical (unpaired) electrons. The molecule has 2 rings (SSSR count). The lowest BCUT2D eigenvalue weighted by Crippen LogP contribution is -2.41. The number of rotatable bonds is 5. The van der Waals surface area contributed by atoms with Crippen molar-refractivity contribution in [3.63, 3.8) is 0 Å². The summed E-state index contributed by atoms with van der Waals surface area (Å²) < 4.78 is 5.03. The molecule has 1 aromatic carbocycles. The Hall–Kier alpha value is -2.62. The highest BCUT2D eigenvalue weighted by molar-refractivity contribution is 7.98. The van der Waals surface area contributed by atoms with E-state index < -0.39 is 28.9 Å². The number of thioether (sulfide) groups is 1. The predicted octanol–water partition coefficient (Wildman–Crippen LogP) is 1.41. The molecule has 1 aliphatic rings. The topological polar surface area (TPSA) is 119 Å². The number of esters is 1. The van der Waals surface area contributed by atoms with Gasteiger partial charge in [0, 0.05) is 19.2 Å². The van der Waals surface area contributed by atoms with E-state index in [-0.39, 0.29) is 17.8 Å². The average molecular weight is 353 g/mol. The molecule has 3 amide bonds. The number of nitro benzene ring substituents is 1. The van der Waals surface area contributed by atoms with Crippen LogP contribution in [0, 0.1) is 10.1 Å². The quantitative estimate of drug-likeness (QED) is 0.368. The van der Waals surface area contributed by atoms with Gasteiger partial charge in [0.05, 0.1) is 15.4 Å². The summed E-state index contributed by atoms with van der Waals surface area (Å²) in [5.41, 5.74) is -0.250. The fourth-order valence-corrected chi connectivity index (χ4v) is 2.69. The van der Waals surface area contributed by atoms with Crippen LogP contribution in [0.4, 0.5) is 10.5 Å². The summed E-state index contributed by atoms with van der Waals surface area (Å²) in [5.74, 6) is -1.51. The molecule has 1 N–H and O–H groups in total. The zero-order chi connectivity index (χ0) is 17.9. The number of hydrogen-bond acceptors (Lipinski definition) is 7. The molecular weight excluding hydrogens is 338 g/mol. The number of urea groups is 1. The first-order valence-corrected chi connectivity index (χ1v) is 8.20. The Kier molecular flexibility index (Phi) is 5.39. The summed E-state index contributed by atoms with van der Waals surface area (Å²) in [4.78, 5) is 47.4. The standard InChI is InChI=1S/C14H15N3O6S/c1-8(12(18)16-6-5-15-14(16)20)23-13(19)9-3-4-11(24-2)10(7-9)17(21)22/h3-4,7-8H,5-6H2,1-2H3,(H,15,20)/t8-/m1/s1. The summed E-state index contributed by atoms with van der Waals surface area (Å²) in [5, 5.41) is 13.5. The Morgan fingerprint density at radius 2 is 2.17 bits per heavy atom. The van der Waals surface area contributed by atoms with E-state index in [0.717, 1.165) is 11.0 Å². The van der Waals surface area contributed by atoms with Crippen LogP contribution in [0.1, 0.15) is 17.3 Å². The summed E-state index contributed by atoms with van der Waals surface area (Å²) in [6, 6.07) is 3.40. The van der Waals surface area contributed by atoms with Gasteiger partial charge in [0.25, 0.3) is 11.6 Å². The molecule has 0 spiro atoms. The van der Waals surface area contributed by atoms with E-state index in [0.29, 0.717) is 11.4 Å². The fourth-order valence-electron chi connectivity index (χ4n) is 2.14. The third kappa shape index (κ3) is 3.65. The molecule has 1 aliphatic heterocycles. The number of nitro groups is 1. The van der Waals surface area contributed by atoms with Gasteiger partial charge in [0.15, 0.2) is 6.10 Å². The molecule has 0 aliphatic carbocycles. The number of nitrogens with zero attached hydrogens (tertiary/aromatic N) is 2. The molecule has 1 aromatic rings. The molecule has 1 atom stereocenters. The third-order valence-corrected chi connectivity index (χ3v) is 4.15. The molecule has 0 bridgehead atoms. The SMILES string of the molecule is CSc1ccc(C(=O)O[C@H](C)C(=O)N2CCNC2=O)cc1[N+](=O)[O-]. The van der Waals surface area contributed by atoms with E-state index in [2.05, 4.69) is 5.32 Å². The highest BCUT2D eigenvalue weighted by atomic mass is 32.2. The average Bonchev–Trinajstić information content (AvgIpc) is 2.99. The van der Waals surface area contributed by atoms with Gasteiger partial charge in [-0.25, -0.2) is 9.59 Å². The number of benzene rings is 1. The maximum absolute atomic E-state index is 12.1. The number of nitrogens with one attached hydrogen (secondary N) is 1. The van der Waals surface area contributed by atoms with Crippen LogP contribution in [0.5, 0.6) is 0 Å². The van der Waals surface area contributed by atoms with Gasteiger partial charge in [0.2, 0.25) is 0 Å². The van der Waals surface area contributed by atoms with Crippen molar-refractivity contribution in [1.82, 2.24) is 10.2 Å². The van der Waals surface area contributed by atoms with Crippen molar-refractivity contribution in [3.8, 4) is 0 Å². The van der Waals surface area contributed by atoms with Crippen LogP contribution in [-0.4, -0.2) is 53.2 Å². The van der Waals surface area contributed by atoms with Crippen molar-refractivity contribution in [2.45, 2.75) is 17.9 Å². The van der Waals surface area contributed by atoms with Crippen LogP contribution in [0.3, 0.4) is 0 Å². The van der Waals surface area contributed by atoms with E-state index in [9.17, 15) is 24.5 Å². The van der Waals surface area contributed by atoms with Crippen LogP contribution in [0.2, 0.25) is 0 Å². The van der Waals surface area contributed by atoms with Gasteiger partial charge >= 0.3 is 12.0 Å². The molecule has 1 heterocycles. The minimum absolute atomic E-state index is 0.0370. The van der Waals surface area contributed by atoms with Crippen LogP contribution < -0.4 is 5.32 Å². The smallest absolute Gasteiger partial charge is 0.339 e. The minimum Gasteiger partial charge on any atom is -0.449 e.